The Kier molecular flexibility index (Phi) is 5.35. The number of ether oxygens (including phenoxy) is 2. The normalized spacial score (nSPS) is 24.6. The zero-order valence-corrected chi connectivity index (χ0v) is 16.1. The van der Waals surface area contributed by atoms with Crippen molar-refractivity contribution in [3.63, 3.8) is 0 Å². The molecule has 2 saturated heterocycles. The molecule has 142 valence electrons. The summed E-state index contributed by atoms with van der Waals surface area (Å²) >= 11 is 0. The first-order valence-corrected chi connectivity index (χ1v) is 8.87. The minimum Gasteiger partial charge on any atom is -0.444 e. The zero-order chi connectivity index (χ0) is 19.0. The molecule has 7 nitrogen and oxygen atoms in total. The third-order valence-corrected chi connectivity index (χ3v) is 4.12. The minimum absolute atomic E-state index is 0.118. The molecule has 0 aromatic carbocycles. The van der Waals surface area contributed by atoms with Crippen LogP contribution in [0, 0.1) is 0 Å². The highest BCUT2D eigenvalue weighted by molar-refractivity contribution is 5.81. The van der Waals surface area contributed by atoms with Gasteiger partial charge in [-0.3, -0.25) is 9.69 Å². The molecule has 2 heterocycles. The van der Waals surface area contributed by atoms with Crippen LogP contribution in [0.15, 0.2) is 0 Å². The Balaban J connectivity index is 2.18. The summed E-state index contributed by atoms with van der Waals surface area (Å²) in [5.74, 6) is 0.118. The molecule has 0 saturated carbocycles. The van der Waals surface area contributed by atoms with Crippen LogP contribution in [0.1, 0.15) is 60.8 Å². The van der Waals surface area contributed by atoms with Crippen molar-refractivity contribution in [2.45, 2.75) is 84.1 Å². The first kappa shape index (κ1) is 19.5. The lowest BCUT2D eigenvalue weighted by Gasteiger charge is -2.45. The zero-order valence-electron chi connectivity index (χ0n) is 16.1. The Hall–Kier alpha value is -1.79. The van der Waals surface area contributed by atoms with Crippen molar-refractivity contribution in [2.75, 3.05) is 13.1 Å². The molecule has 0 aliphatic carbocycles. The van der Waals surface area contributed by atoms with Gasteiger partial charge in [-0.05, 0) is 48.0 Å². The molecule has 2 aliphatic heterocycles. The van der Waals surface area contributed by atoms with Gasteiger partial charge in [-0.15, -0.1) is 0 Å². The maximum Gasteiger partial charge on any atom is 0.410 e. The number of ketones is 1. The van der Waals surface area contributed by atoms with Gasteiger partial charge < -0.3 is 14.4 Å². The van der Waals surface area contributed by atoms with Gasteiger partial charge in [0.2, 0.25) is 0 Å². The van der Waals surface area contributed by atoms with E-state index < -0.39 is 23.4 Å². The summed E-state index contributed by atoms with van der Waals surface area (Å²) in [4.78, 5) is 40.4. The lowest BCUT2D eigenvalue weighted by Crippen LogP contribution is -2.62. The first-order valence-electron chi connectivity index (χ1n) is 8.87. The van der Waals surface area contributed by atoms with Gasteiger partial charge in [0.15, 0.2) is 0 Å². The van der Waals surface area contributed by atoms with Gasteiger partial charge in [-0.25, -0.2) is 9.59 Å². The number of hydrogen-bond donors (Lipinski definition) is 0. The molecule has 2 atom stereocenters. The number of hydrogen-bond acceptors (Lipinski definition) is 5. The van der Waals surface area contributed by atoms with E-state index in [2.05, 4.69) is 0 Å². The van der Waals surface area contributed by atoms with E-state index in [0.717, 1.165) is 0 Å². The van der Waals surface area contributed by atoms with Crippen molar-refractivity contribution in [1.82, 2.24) is 9.80 Å². The number of nitrogens with zero attached hydrogens (tertiary/aromatic N) is 2. The Morgan fingerprint density at radius 1 is 0.920 bits per heavy atom. The van der Waals surface area contributed by atoms with Crippen LogP contribution in [-0.4, -0.2) is 64.1 Å². The number of piperazine rings is 1. The second kappa shape index (κ2) is 6.84. The van der Waals surface area contributed by atoms with Crippen LogP contribution in [0.5, 0.6) is 0 Å². The van der Waals surface area contributed by atoms with E-state index in [0.29, 0.717) is 19.4 Å². The van der Waals surface area contributed by atoms with Gasteiger partial charge in [0.25, 0.3) is 0 Å². The average Bonchev–Trinajstić information content (AvgIpc) is 2.49. The van der Waals surface area contributed by atoms with E-state index in [1.807, 2.05) is 41.5 Å². The summed E-state index contributed by atoms with van der Waals surface area (Å²) in [6.07, 6.45) is 0.382. The molecule has 0 spiro atoms. The lowest BCUT2D eigenvalue weighted by atomic mass is 10.1. The summed E-state index contributed by atoms with van der Waals surface area (Å²) in [5, 5.41) is 0. The molecule has 2 aliphatic rings. The fourth-order valence-electron chi connectivity index (χ4n) is 3.23. The Labute approximate surface area is 149 Å². The smallest absolute Gasteiger partial charge is 0.410 e. The Morgan fingerprint density at radius 3 is 2.00 bits per heavy atom. The second-order valence-electron chi connectivity index (χ2n) is 8.86. The lowest BCUT2D eigenvalue weighted by molar-refractivity contribution is -0.119. The van der Waals surface area contributed by atoms with Gasteiger partial charge in [-0.1, -0.05) is 0 Å². The van der Waals surface area contributed by atoms with E-state index in [4.69, 9.17) is 9.47 Å². The fraction of sp³-hybridized carbons (Fsp3) is 0.833. The summed E-state index contributed by atoms with van der Waals surface area (Å²) in [5.41, 5.74) is -1.19. The summed E-state index contributed by atoms with van der Waals surface area (Å²) < 4.78 is 11.0. The van der Waals surface area contributed by atoms with E-state index >= 15 is 0 Å². The number of carbonyl (C=O) groups is 3. The first-order chi connectivity index (χ1) is 11.4. The maximum absolute atomic E-state index is 12.6. The molecule has 2 amide bonds. The maximum atomic E-state index is 12.6. The summed E-state index contributed by atoms with van der Waals surface area (Å²) in [6, 6.07) is -0.594. The van der Waals surface area contributed by atoms with Crippen molar-refractivity contribution in [1.29, 1.82) is 0 Å². The number of amides is 2. The van der Waals surface area contributed by atoms with Crippen LogP contribution in [0.2, 0.25) is 0 Å². The monoisotopic (exact) mass is 354 g/mol. The molecule has 7 heteroatoms. The van der Waals surface area contributed by atoms with E-state index in [-0.39, 0.29) is 30.8 Å². The quantitative estimate of drug-likeness (QED) is 0.668. The molecule has 2 rings (SSSR count). The SMILES string of the molecule is CC(C)(C)OC(=O)N1CC2CCC(=O)CC(C1)N2C(=O)OC(C)(C)C. The number of Topliss-reactive ketones (excluding diaryl/α,β-unsaturated/α-hetero) is 1. The van der Waals surface area contributed by atoms with E-state index in [1.54, 1.807) is 9.80 Å². The molecule has 0 radical (unpaired) electrons. The van der Waals surface area contributed by atoms with E-state index in [9.17, 15) is 14.4 Å². The third-order valence-electron chi connectivity index (χ3n) is 4.12. The number of fused-ring (bicyclic) bond motifs is 2. The summed E-state index contributed by atoms with van der Waals surface area (Å²) in [6.45, 7) is 11.5. The van der Waals surface area contributed by atoms with Gasteiger partial charge >= 0.3 is 12.2 Å². The highest BCUT2D eigenvalue weighted by Gasteiger charge is 2.44. The molecule has 25 heavy (non-hydrogen) atoms. The summed E-state index contributed by atoms with van der Waals surface area (Å²) in [7, 11) is 0. The van der Waals surface area contributed by atoms with Crippen molar-refractivity contribution in [3.05, 3.63) is 0 Å². The minimum atomic E-state index is -0.605. The molecular weight excluding hydrogens is 324 g/mol. The number of rotatable bonds is 0. The molecule has 2 unspecified atom stereocenters. The molecule has 2 fully saturated rings. The van der Waals surface area contributed by atoms with Crippen molar-refractivity contribution in [3.8, 4) is 0 Å². The predicted octanol–water partition coefficient (Wildman–Crippen LogP) is 2.96. The highest BCUT2D eigenvalue weighted by Crippen LogP contribution is 2.29. The molecule has 2 bridgehead atoms. The molecule has 0 aromatic rings. The molecular formula is C18H30N2O5. The van der Waals surface area contributed by atoms with Gasteiger partial charge in [0.05, 0.1) is 12.1 Å². The second-order valence-corrected chi connectivity index (χ2v) is 8.86. The number of carbonyl (C=O) groups excluding carboxylic acids is 3. The van der Waals surface area contributed by atoms with Crippen LogP contribution in [0.25, 0.3) is 0 Å². The van der Waals surface area contributed by atoms with Crippen LogP contribution >= 0.6 is 0 Å². The fourth-order valence-corrected chi connectivity index (χ4v) is 3.23. The highest BCUT2D eigenvalue weighted by atomic mass is 16.6. The van der Waals surface area contributed by atoms with Crippen LogP contribution in [0.4, 0.5) is 9.59 Å². The van der Waals surface area contributed by atoms with E-state index in [1.165, 1.54) is 0 Å². The third kappa shape index (κ3) is 5.34. The standard InChI is InChI=1S/C18H30N2O5/c1-17(2,3)24-15(22)19-10-12-7-8-14(21)9-13(11-19)20(12)16(23)25-18(4,5)6/h12-13H,7-11H2,1-6H3. The Morgan fingerprint density at radius 2 is 1.44 bits per heavy atom. The van der Waals surface area contributed by atoms with Crippen molar-refractivity contribution < 1.29 is 23.9 Å². The Bertz CT molecular complexity index is 547. The van der Waals surface area contributed by atoms with Gasteiger partial charge in [0.1, 0.15) is 17.0 Å². The predicted molar refractivity (Wildman–Crippen MR) is 92.3 cm³/mol. The van der Waals surface area contributed by atoms with Crippen LogP contribution < -0.4 is 0 Å². The van der Waals surface area contributed by atoms with Crippen LogP contribution in [0.3, 0.4) is 0 Å². The van der Waals surface area contributed by atoms with Crippen LogP contribution in [-0.2, 0) is 14.3 Å². The largest absolute Gasteiger partial charge is 0.444 e. The van der Waals surface area contributed by atoms with Gasteiger partial charge in [-0.2, -0.15) is 0 Å². The topological polar surface area (TPSA) is 76.2 Å². The molecule has 0 N–H and O–H groups in total. The van der Waals surface area contributed by atoms with Crippen molar-refractivity contribution in [2.24, 2.45) is 0 Å². The molecule has 0 aromatic heterocycles. The van der Waals surface area contributed by atoms with Crippen molar-refractivity contribution >= 4 is 18.0 Å². The average molecular weight is 354 g/mol. The van der Waals surface area contributed by atoms with Gasteiger partial charge in [0, 0.05) is 25.9 Å².